The maximum atomic E-state index is 3.26. The number of aryl methyl sites for hydroxylation is 2. The Kier molecular flexibility index (Phi) is 8.63. The molecule has 0 aromatic heterocycles. The molecule has 0 heterocycles. The van der Waals surface area contributed by atoms with Crippen LogP contribution in [0.2, 0.25) is 0 Å². The fourth-order valence-electron chi connectivity index (χ4n) is 4.31. The van der Waals surface area contributed by atoms with E-state index in [0.29, 0.717) is 5.92 Å². The van der Waals surface area contributed by atoms with E-state index in [0.717, 1.165) is 17.9 Å². The van der Waals surface area contributed by atoms with Gasteiger partial charge in [0.05, 0.1) is 0 Å². The van der Waals surface area contributed by atoms with Crippen LogP contribution >= 0.6 is 0 Å². The molecule has 0 saturated heterocycles. The third kappa shape index (κ3) is 6.93. The summed E-state index contributed by atoms with van der Waals surface area (Å²) in [7, 11) is 0. The van der Waals surface area contributed by atoms with Crippen LogP contribution < -0.4 is 0 Å². The fraction of sp³-hybridized carbons (Fsp3) is 0.448. The van der Waals surface area contributed by atoms with Gasteiger partial charge in [0.25, 0.3) is 0 Å². The Labute approximate surface area is 178 Å². The summed E-state index contributed by atoms with van der Waals surface area (Å²) in [6.45, 7) is 4.45. The van der Waals surface area contributed by atoms with Gasteiger partial charge in [-0.15, -0.1) is 0 Å². The Balaban J connectivity index is 1.44. The van der Waals surface area contributed by atoms with Crippen molar-refractivity contribution >= 4 is 0 Å². The molecule has 152 valence electrons. The predicted octanol–water partition coefficient (Wildman–Crippen LogP) is 7.86. The number of hydrogen-bond acceptors (Lipinski definition) is 0. The molecule has 0 unspecified atom stereocenters. The van der Waals surface area contributed by atoms with Gasteiger partial charge in [-0.1, -0.05) is 81.0 Å². The lowest BCUT2D eigenvalue weighted by Gasteiger charge is -2.27. The minimum absolute atomic E-state index is 0.691. The van der Waals surface area contributed by atoms with Crippen LogP contribution in [0.3, 0.4) is 0 Å². The van der Waals surface area contributed by atoms with Crippen LogP contribution in [0.4, 0.5) is 0 Å². The molecule has 2 aromatic rings. The van der Waals surface area contributed by atoms with Crippen LogP contribution in [-0.4, -0.2) is 0 Å². The Bertz CT molecular complexity index is 803. The summed E-state index contributed by atoms with van der Waals surface area (Å²) in [5, 5.41) is 0. The molecular formula is C29H36. The zero-order chi connectivity index (χ0) is 20.3. The van der Waals surface area contributed by atoms with E-state index >= 15 is 0 Å². The second-order valence-electron chi connectivity index (χ2n) is 8.49. The lowest BCUT2D eigenvalue weighted by atomic mass is 9.78. The van der Waals surface area contributed by atoms with Gasteiger partial charge in [-0.2, -0.15) is 0 Å². The van der Waals surface area contributed by atoms with Gasteiger partial charge >= 0.3 is 0 Å². The monoisotopic (exact) mass is 384 g/mol. The molecule has 1 aliphatic carbocycles. The van der Waals surface area contributed by atoms with E-state index in [-0.39, 0.29) is 0 Å². The lowest BCUT2D eigenvalue weighted by Crippen LogP contribution is -2.11. The minimum Gasteiger partial charge on any atom is -0.0730 e. The van der Waals surface area contributed by atoms with Crippen molar-refractivity contribution in [2.45, 2.75) is 77.6 Å². The highest BCUT2D eigenvalue weighted by atomic mass is 14.3. The maximum Gasteiger partial charge on any atom is 0.0249 e. The van der Waals surface area contributed by atoms with E-state index in [1.165, 1.54) is 62.5 Å². The van der Waals surface area contributed by atoms with Crippen molar-refractivity contribution in [1.82, 2.24) is 0 Å². The normalized spacial score (nSPS) is 19.1. The van der Waals surface area contributed by atoms with E-state index in [1.54, 1.807) is 5.56 Å². The van der Waals surface area contributed by atoms with Crippen molar-refractivity contribution in [2.75, 3.05) is 0 Å². The first-order valence-electron chi connectivity index (χ1n) is 11.6. The van der Waals surface area contributed by atoms with Crippen LogP contribution in [0.1, 0.15) is 87.0 Å². The summed E-state index contributed by atoms with van der Waals surface area (Å²) in [4.78, 5) is 0. The standard InChI is InChI=1S/C29H36/c1-3-5-6-9-26-16-20-28(21-17-26)29-22-18-27(19-23-29)11-8-7-10-25-14-12-24(4-2)13-15-25/h8,11-17,20-21,27,29H,3-6,9,18-19,22-23H2,1-2H3/b11-8+. The number of benzene rings is 2. The first-order valence-corrected chi connectivity index (χ1v) is 11.6. The zero-order valence-corrected chi connectivity index (χ0v) is 18.3. The van der Waals surface area contributed by atoms with Crippen LogP contribution in [0.15, 0.2) is 60.7 Å². The van der Waals surface area contributed by atoms with Crippen molar-refractivity contribution < 1.29 is 0 Å². The first-order chi connectivity index (χ1) is 14.3. The second-order valence-corrected chi connectivity index (χ2v) is 8.49. The average molecular weight is 385 g/mol. The van der Waals surface area contributed by atoms with E-state index in [9.17, 15) is 0 Å². The molecule has 1 fully saturated rings. The van der Waals surface area contributed by atoms with Gasteiger partial charge in [0.2, 0.25) is 0 Å². The van der Waals surface area contributed by atoms with Crippen LogP contribution in [0.25, 0.3) is 0 Å². The Morgan fingerprint density at radius 2 is 1.52 bits per heavy atom. The summed E-state index contributed by atoms with van der Waals surface area (Å²) >= 11 is 0. The Morgan fingerprint density at radius 3 is 2.17 bits per heavy atom. The van der Waals surface area contributed by atoms with Gasteiger partial charge in [0.1, 0.15) is 0 Å². The van der Waals surface area contributed by atoms with Gasteiger partial charge in [-0.05, 0) is 91.7 Å². The van der Waals surface area contributed by atoms with Crippen LogP contribution in [0, 0.1) is 17.8 Å². The Morgan fingerprint density at radius 1 is 0.828 bits per heavy atom. The predicted molar refractivity (Wildman–Crippen MR) is 126 cm³/mol. The highest BCUT2D eigenvalue weighted by molar-refractivity contribution is 5.38. The molecule has 2 aromatic carbocycles. The zero-order valence-electron chi connectivity index (χ0n) is 18.3. The average Bonchev–Trinajstić information content (AvgIpc) is 2.78. The van der Waals surface area contributed by atoms with Crippen molar-refractivity contribution in [1.29, 1.82) is 0 Å². The molecular weight excluding hydrogens is 348 g/mol. The molecule has 0 nitrogen and oxygen atoms in total. The lowest BCUT2D eigenvalue weighted by molar-refractivity contribution is 0.376. The van der Waals surface area contributed by atoms with Crippen molar-refractivity contribution in [3.63, 3.8) is 0 Å². The van der Waals surface area contributed by atoms with Crippen LogP contribution in [-0.2, 0) is 12.8 Å². The van der Waals surface area contributed by atoms with Gasteiger partial charge in [-0.25, -0.2) is 0 Å². The minimum atomic E-state index is 0.691. The fourth-order valence-corrected chi connectivity index (χ4v) is 4.31. The molecule has 0 N–H and O–H groups in total. The largest absolute Gasteiger partial charge is 0.0730 e. The summed E-state index contributed by atoms with van der Waals surface area (Å²) in [6.07, 6.45) is 15.9. The molecule has 0 bridgehead atoms. The number of allylic oxidation sites excluding steroid dienone is 2. The van der Waals surface area contributed by atoms with E-state index in [2.05, 4.69) is 86.4 Å². The smallest absolute Gasteiger partial charge is 0.0249 e. The molecule has 29 heavy (non-hydrogen) atoms. The SMILES string of the molecule is CCCCCc1ccc(C2CCC(/C=C/C#Cc3ccc(CC)cc3)CC2)cc1. The molecule has 0 amide bonds. The molecule has 0 aliphatic heterocycles. The number of unbranched alkanes of at least 4 members (excludes halogenated alkanes) is 2. The van der Waals surface area contributed by atoms with E-state index in [4.69, 9.17) is 0 Å². The topological polar surface area (TPSA) is 0 Å². The highest BCUT2D eigenvalue weighted by Crippen LogP contribution is 2.36. The molecule has 0 heteroatoms. The molecule has 0 radical (unpaired) electrons. The molecule has 1 saturated carbocycles. The van der Waals surface area contributed by atoms with Gasteiger partial charge in [0.15, 0.2) is 0 Å². The number of hydrogen-bond donors (Lipinski definition) is 0. The summed E-state index contributed by atoms with van der Waals surface area (Å²) in [5.74, 6) is 7.92. The molecule has 0 atom stereocenters. The number of rotatable bonds is 7. The molecule has 3 rings (SSSR count). The van der Waals surface area contributed by atoms with E-state index < -0.39 is 0 Å². The first kappa shape index (κ1) is 21.4. The maximum absolute atomic E-state index is 3.26. The van der Waals surface area contributed by atoms with Crippen molar-refractivity contribution in [3.05, 3.63) is 82.9 Å². The second kappa shape index (κ2) is 11.7. The van der Waals surface area contributed by atoms with Gasteiger partial charge in [0, 0.05) is 5.56 Å². The van der Waals surface area contributed by atoms with Crippen molar-refractivity contribution in [2.24, 2.45) is 5.92 Å². The van der Waals surface area contributed by atoms with Crippen molar-refractivity contribution in [3.8, 4) is 11.8 Å². The van der Waals surface area contributed by atoms with Crippen LogP contribution in [0.5, 0.6) is 0 Å². The summed E-state index contributed by atoms with van der Waals surface area (Å²) in [5.41, 5.74) is 5.52. The summed E-state index contributed by atoms with van der Waals surface area (Å²) < 4.78 is 0. The van der Waals surface area contributed by atoms with Gasteiger partial charge in [-0.3, -0.25) is 0 Å². The highest BCUT2D eigenvalue weighted by Gasteiger charge is 2.20. The third-order valence-corrected chi connectivity index (χ3v) is 6.32. The quantitative estimate of drug-likeness (QED) is 0.336. The summed E-state index contributed by atoms with van der Waals surface area (Å²) in [6, 6.07) is 18.1. The third-order valence-electron chi connectivity index (χ3n) is 6.32. The Hall–Kier alpha value is -2.26. The molecule has 1 aliphatic rings. The van der Waals surface area contributed by atoms with Gasteiger partial charge < -0.3 is 0 Å². The van der Waals surface area contributed by atoms with E-state index in [1.807, 2.05) is 0 Å². The molecule has 0 spiro atoms.